The minimum absolute atomic E-state index is 0.220. The number of nitriles is 1. The van der Waals surface area contributed by atoms with E-state index in [-0.39, 0.29) is 5.91 Å². The number of amides is 1. The molecule has 1 aromatic rings. The monoisotopic (exact) mass is 308 g/mol. The summed E-state index contributed by atoms with van der Waals surface area (Å²) in [5.41, 5.74) is -0.0386. The SMILES string of the molecule is CN(C(=O)C=Cc1c(Cl)cccc1Cl)C1(C#N)CCC1. The third kappa shape index (κ3) is 2.67. The van der Waals surface area contributed by atoms with E-state index in [1.54, 1.807) is 31.3 Å². The first-order valence-electron chi connectivity index (χ1n) is 6.31. The molecule has 0 aromatic heterocycles. The van der Waals surface area contributed by atoms with E-state index in [9.17, 15) is 10.1 Å². The number of nitrogens with zero attached hydrogens (tertiary/aromatic N) is 2. The van der Waals surface area contributed by atoms with E-state index in [0.29, 0.717) is 15.6 Å². The molecule has 5 heteroatoms. The molecule has 0 radical (unpaired) electrons. The molecule has 104 valence electrons. The molecule has 2 rings (SSSR count). The van der Waals surface area contributed by atoms with Crippen LogP contribution >= 0.6 is 23.2 Å². The van der Waals surface area contributed by atoms with Crippen molar-refractivity contribution in [3.8, 4) is 6.07 Å². The lowest BCUT2D eigenvalue weighted by atomic mass is 9.76. The molecule has 1 fully saturated rings. The van der Waals surface area contributed by atoms with Gasteiger partial charge in [-0.3, -0.25) is 4.79 Å². The van der Waals surface area contributed by atoms with Gasteiger partial charge in [0.05, 0.1) is 6.07 Å². The Kier molecular flexibility index (Phi) is 4.37. The molecule has 0 bridgehead atoms. The van der Waals surface area contributed by atoms with Crippen LogP contribution in [0.1, 0.15) is 24.8 Å². The van der Waals surface area contributed by atoms with Crippen LogP contribution in [0.4, 0.5) is 0 Å². The molecule has 0 spiro atoms. The van der Waals surface area contributed by atoms with Crippen molar-refractivity contribution in [1.82, 2.24) is 4.90 Å². The van der Waals surface area contributed by atoms with E-state index in [1.165, 1.54) is 11.0 Å². The second kappa shape index (κ2) is 5.87. The highest BCUT2D eigenvalue weighted by Gasteiger charge is 2.42. The highest BCUT2D eigenvalue weighted by Crippen LogP contribution is 2.36. The Labute approximate surface area is 128 Å². The maximum atomic E-state index is 12.1. The first-order chi connectivity index (χ1) is 9.50. The third-order valence-electron chi connectivity index (χ3n) is 3.75. The number of carbonyl (C=O) groups excluding carboxylic acids is 1. The molecule has 0 aliphatic heterocycles. The summed E-state index contributed by atoms with van der Waals surface area (Å²) in [7, 11) is 1.66. The lowest BCUT2D eigenvalue weighted by Gasteiger charge is -2.42. The Balaban J connectivity index is 2.16. The number of carbonyl (C=O) groups is 1. The largest absolute Gasteiger partial charge is 0.323 e. The predicted octanol–water partition coefficient (Wildman–Crippen LogP) is 3.91. The molecule has 0 atom stereocenters. The van der Waals surface area contributed by atoms with Gasteiger partial charge < -0.3 is 4.90 Å². The molecule has 0 heterocycles. The maximum Gasteiger partial charge on any atom is 0.247 e. The summed E-state index contributed by atoms with van der Waals surface area (Å²) in [6, 6.07) is 7.41. The topological polar surface area (TPSA) is 44.1 Å². The molecule has 1 saturated carbocycles. The molecule has 0 unspecified atom stereocenters. The fourth-order valence-corrected chi connectivity index (χ4v) is 2.70. The van der Waals surface area contributed by atoms with E-state index >= 15 is 0 Å². The van der Waals surface area contributed by atoms with Gasteiger partial charge in [0.2, 0.25) is 5.91 Å². The highest BCUT2D eigenvalue weighted by molar-refractivity contribution is 6.37. The Morgan fingerprint density at radius 3 is 2.45 bits per heavy atom. The summed E-state index contributed by atoms with van der Waals surface area (Å²) >= 11 is 12.1. The van der Waals surface area contributed by atoms with E-state index in [1.807, 2.05) is 0 Å². The quantitative estimate of drug-likeness (QED) is 0.795. The van der Waals surface area contributed by atoms with Crippen LogP contribution in [0.5, 0.6) is 0 Å². The molecular formula is C15H14Cl2N2O. The fourth-order valence-electron chi connectivity index (χ4n) is 2.18. The number of halogens is 2. The molecule has 20 heavy (non-hydrogen) atoms. The van der Waals surface area contributed by atoms with Gasteiger partial charge in [-0.15, -0.1) is 0 Å². The van der Waals surface area contributed by atoms with Gasteiger partial charge in [0.25, 0.3) is 0 Å². The standard InChI is InChI=1S/C15H14Cl2N2O/c1-19(15(10-18)8-3-9-15)14(20)7-6-11-12(16)4-2-5-13(11)17/h2,4-7H,3,8-9H2,1H3. The molecule has 0 saturated heterocycles. The minimum atomic E-state index is -0.647. The van der Waals surface area contributed by atoms with Crippen molar-refractivity contribution in [2.24, 2.45) is 0 Å². The molecule has 1 aromatic carbocycles. The fraction of sp³-hybridized carbons (Fsp3) is 0.333. The lowest BCUT2D eigenvalue weighted by Crippen LogP contribution is -2.52. The molecule has 1 aliphatic rings. The van der Waals surface area contributed by atoms with Gasteiger partial charge in [-0.1, -0.05) is 29.3 Å². The summed E-state index contributed by atoms with van der Waals surface area (Å²) < 4.78 is 0. The number of likely N-dealkylation sites (N-methyl/N-ethyl adjacent to an activating group) is 1. The van der Waals surface area contributed by atoms with Crippen LogP contribution in [0.2, 0.25) is 10.0 Å². The number of hydrogen-bond acceptors (Lipinski definition) is 2. The van der Waals surface area contributed by atoms with Crippen LogP contribution in [0.25, 0.3) is 6.08 Å². The summed E-state index contributed by atoms with van der Waals surface area (Å²) in [5, 5.41) is 10.2. The zero-order valence-electron chi connectivity index (χ0n) is 11.1. The predicted molar refractivity (Wildman–Crippen MR) is 80.5 cm³/mol. The van der Waals surface area contributed by atoms with Gasteiger partial charge in [0, 0.05) is 28.7 Å². The second-order valence-corrected chi connectivity index (χ2v) is 5.68. The summed E-state index contributed by atoms with van der Waals surface area (Å²) in [6.45, 7) is 0. The normalized spacial score (nSPS) is 16.5. The number of hydrogen-bond donors (Lipinski definition) is 0. The van der Waals surface area contributed by atoms with Gasteiger partial charge in [0.1, 0.15) is 5.54 Å². The van der Waals surface area contributed by atoms with Crippen molar-refractivity contribution in [2.45, 2.75) is 24.8 Å². The second-order valence-electron chi connectivity index (χ2n) is 4.86. The summed E-state index contributed by atoms with van der Waals surface area (Å²) in [5.74, 6) is -0.220. The third-order valence-corrected chi connectivity index (χ3v) is 4.41. The smallest absolute Gasteiger partial charge is 0.247 e. The summed E-state index contributed by atoms with van der Waals surface area (Å²) in [4.78, 5) is 13.6. The van der Waals surface area contributed by atoms with Gasteiger partial charge in [-0.25, -0.2) is 0 Å². The van der Waals surface area contributed by atoms with Crippen LogP contribution in [0.3, 0.4) is 0 Å². The van der Waals surface area contributed by atoms with Crippen molar-refractivity contribution in [1.29, 1.82) is 5.26 Å². The highest BCUT2D eigenvalue weighted by atomic mass is 35.5. The zero-order chi connectivity index (χ0) is 14.8. The van der Waals surface area contributed by atoms with Crippen LogP contribution in [-0.2, 0) is 4.79 Å². The first kappa shape index (κ1) is 14.9. The van der Waals surface area contributed by atoms with Crippen molar-refractivity contribution in [2.75, 3.05) is 7.05 Å². The summed E-state index contributed by atoms with van der Waals surface area (Å²) in [6.07, 6.45) is 5.43. The van der Waals surface area contributed by atoms with Crippen LogP contribution in [0, 0.1) is 11.3 Å². The molecule has 1 amide bonds. The number of rotatable bonds is 3. The molecule has 3 nitrogen and oxygen atoms in total. The Hall–Kier alpha value is -1.50. The van der Waals surface area contributed by atoms with Gasteiger partial charge in [0.15, 0.2) is 0 Å². The molecular weight excluding hydrogens is 295 g/mol. The van der Waals surface area contributed by atoms with Crippen molar-refractivity contribution in [3.63, 3.8) is 0 Å². The average molecular weight is 309 g/mol. The van der Waals surface area contributed by atoms with Gasteiger partial charge in [-0.05, 0) is 37.5 Å². The van der Waals surface area contributed by atoms with E-state index < -0.39 is 5.54 Å². The average Bonchev–Trinajstić information content (AvgIpc) is 2.37. The van der Waals surface area contributed by atoms with E-state index in [0.717, 1.165) is 19.3 Å². The van der Waals surface area contributed by atoms with Crippen molar-refractivity contribution < 1.29 is 4.79 Å². The van der Waals surface area contributed by atoms with Crippen LogP contribution in [-0.4, -0.2) is 23.4 Å². The first-order valence-corrected chi connectivity index (χ1v) is 7.07. The van der Waals surface area contributed by atoms with Crippen molar-refractivity contribution in [3.05, 3.63) is 39.9 Å². The van der Waals surface area contributed by atoms with E-state index in [2.05, 4.69) is 6.07 Å². The maximum absolute atomic E-state index is 12.1. The van der Waals surface area contributed by atoms with Gasteiger partial charge in [-0.2, -0.15) is 5.26 Å². The van der Waals surface area contributed by atoms with Crippen molar-refractivity contribution >= 4 is 35.2 Å². The molecule has 0 N–H and O–H groups in total. The van der Waals surface area contributed by atoms with Crippen LogP contribution in [0.15, 0.2) is 24.3 Å². The van der Waals surface area contributed by atoms with Gasteiger partial charge >= 0.3 is 0 Å². The zero-order valence-corrected chi connectivity index (χ0v) is 12.6. The molecule has 1 aliphatic carbocycles. The lowest BCUT2D eigenvalue weighted by molar-refractivity contribution is -0.130. The number of benzene rings is 1. The Morgan fingerprint density at radius 1 is 1.40 bits per heavy atom. The minimum Gasteiger partial charge on any atom is -0.323 e. The van der Waals surface area contributed by atoms with E-state index in [4.69, 9.17) is 23.2 Å². The van der Waals surface area contributed by atoms with Crippen LogP contribution < -0.4 is 0 Å². The Bertz CT molecular complexity index is 580. The Morgan fingerprint density at radius 2 is 2.00 bits per heavy atom.